The molecule has 78 heavy (non-hydrogen) atoms. The number of ether oxygens (including phenoxy) is 2. The summed E-state index contributed by atoms with van der Waals surface area (Å²) >= 11 is 0. The summed E-state index contributed by atoms with van der Waals surface area (Å²) in [6, 6.07) is 84.1. The average Bonchev–Trinajstić information content (AvgIpc) is 4.11. The van der Waals surface area contributed by atoms with Crippen molar-refractivity contribution in [1.82, 2.24) is 15.0 Å². The van der Waals surface area contributed by atoms with Gasteiger partial charge in [0, 0.05) is 5.56 Å². The Morgan fingerprint density at radius 3 is 1.56 bits per heavy atom. The Morgan fingerprint density at radius 2 is 1.06 bits per heavy atom. The highest BCUT2D eigenvalue weighted by Crippen LogP contribution is 2.43. The van der Waals surface area contributed by atoms with Crippen LogP contribution >= 0.6 is 0 Å². The van der Waals surface area contributed by atoms with E-state index >= 15 is 0 Å². The van der Waals surface area contributed by atoms with Crippen LogP contribution in [0.5, 0.6) is 6.01 Å². The molecule has 9 aromatic carbocycles. The highest BCUT2D eigenvalue weighted by atomic mass is 16.7. The number of carbonyl (C=O) groups excluding carboxylic acids is 1. The maximum absolute atomic E-state index is 13.8. The molecule has 0 amide bonds. The Labute approximate surface area is 451 Å². The van der Waals surface area contributed by atoms with Crippen molar-refractivity contribution in [2.24, 2.45) is 4.99 Å². The third kappa shape index (κ3) is 9.93. The summed E-state index contributed by atoms with van der Waals surface area (Å²) < 4.78 is 23.7. The summed E-state index contributed by atoms with van der Waals surface area (Å²) in [7, 11) is 0. The molecule has 2 heterocycles. The van der Waals surface area contributed by atoms with Gasteiger partial charge < -0.3 is 18.3 Å². The van der Waals surface area contributed by atoms with E-state index in [9.17, 15) is 9.59 Å². The molecular weight excluding hydrogens is 973 g/mol. The van der Waals surface area contributed by atoms with E-state index in [1.807, 2.05) is 102 Å². The van der Waals surface area contributed by atoms with Gasteiger partial charge in [0.05, 0.1) is 29.7 Å². The predicted molar refractivity (Wildman–Crippen MR) is 302 cm³/mol. The number of hydrogen-bond donors (Lipinski definition) is 1. The molecule has 0 bridgehead atoms. The number of aromatic nitrogens is 2. The number of carbonyl (C=O) groups is 1. The molecule has 11 aromatic rings. The molecule has 0 saturated heterocycles. The van der Waals surface area contributed by atoms with Gasteiger partial charge in [-0.25, -0.2) is 20.1 Å². The van der Waals surface area contributed by atoms with Crippen molar-refractivity contribution >= 4 is 22.8 Å². The van der Waals surface area contributed by atoms with Crippen molar-refractivity contribution in [3.8, 4) is 17.1 Å². The number of benzene rings is 9. The summed E-state index contributed by atoms with van der Waals surface area (Å²) in [6.07, 6.45) is 0. The Hall–Kier alpha value is -9.84. The van der Waals surface area contributed by atoms with Crippen molar-refractivity contribution in [2.75, 3.05) is 6.61 Å². The highest BCUT2D eigenvalue weighted by molar-refractivity contribution is 6.05. The third-order valence-corrected chi connectivity index (χ3v) is 13.9. The molecule has 0 radical (unpaired) electrons. The molecular formula is C67H54N4O7. The summed E-state index contributed by atoms with van der Waals surface area (Å²) in [5, 5.41) is 0. The monoisotopic (exact) mass is 1030 g/mol. The van der Waals surface area contributed by atoms with E-state index in [4.69, 9.17) is 33.1 Å². The zero-order valence-electron chi connectivity index (χ0n) is 43.0. The zero-order chi connectivity index (χ0) is 53.3. The fourth-order valence-electron chi connectivity index (χ4n) is 10.2. The second-order valence-electron chi connectivity index (χ2n) is 18.6. The Morgan fingerprint density at radius 1 is 0.577 bits per heavy atom. The molecule has 0 aliphatic rings. The first-order valence-electron chi connectivity index (χ1n) is 25.8. The average molecular weight is 1030 g/mol. The molecule has 11 rings (SSSR count). The number of nitrogens with one attached hydrogen (secondary N) is 1. The topological polar surface area (TPSA) is 130 Å². The van der Waals surface area contributed by atoms with Crippen LogP contribution in [0.4, 0.5) is 0 Å². The lowest BCUT2D eigenvalue weighted by Gasteiger charge is -2.37. The number of aryl methyl sites for hydroxylation is 1. The summed E-state index contributed by atoms with van der Waals surface area (Å²) in [5.74, 6) is -0.633. The Bertz CT molecular complexity index is 3690. The van der Waals surface area contributed by atoms with E-state index in [0.717, 1.165) is 55.6 Å². The molecule has 1 N–H and O–H groups in total. The summed E-state index contributed by atoms with van der Waals surface area (Å²) in [6.45, 7) is 3.84. The van der Waals surface area contributed by atoms with Crippen LogP contribution in [0.25, 0.3) is 22.2 Å². The van der Waals surface area contributed by atoms with Crippen molar-refractivity contribution in [3.05, 3.63) is 321 Å². The van der Waals surface area contributed by atoms with Gasteiger partial charge in [0.25, 0.3) is 6.01 Å². The first-order chi connectivity index (χ1) is 38.4. The van der Waals surface area contributed by atoms with Gasteiger partial charge in [-0.1, -0.05) is 237 Å². The van der Waals surface area contributed by atoms with Crippen LogP contribution in [0.2, 0.25) is 0 Å². The highest BCUT2D eigenvalue weighted by Gasteiger charge is 2.41. The van der Waals surface area contributed by atoms with Crippen LogP contribution in [0.1, 0.15) is 73.3 Å². The van der Waals surface area contributed by atoms with Crippen LogP contribution in [-0.2, 0) is 33.9 Å². The molecule has 0 unspecified atom stereocenters. The fraction of sp³-hybridized carbons (Fsp3) is 0.104. The van der Waals surface area contributed by atoms with Gasteiger partial charge in [-0.3, -0.25) is 9.40 Å². The maximum Gasteiger partial charge on any atom is 0.519 e. The lowest BCUT2D eigenvalue weighted by molar-refractivity contribution is -0.0286. The maximum atomic E-state index is 13.8. The quantitative estimate of drug-likeness (QED) is 0.0293. The van der Waals surface area contributed by atoms with E-state index in [-0.39, 0.29) is 23.7 Å². The minimum atomic E-state index is -1.17. The predicted octanol–water partition coefficient (Wildman–Crippen LogP) is 13.6. The molecule has 0 saturated carbocycles. The van der Waals surface area contributed by atoms with Crippen LogP contribution in [0.15, 0.2) is 267 Å². The first-order valence-corrected chi connectivity index (χ1v) is 25.8. The standard InChI is InChI=1S/C67H54N4O7/c1-3-74-64-68-59-40-24-39-58(63(72)75-46-60-47(2)76-65(73)77-60)61(59)71(64)45-48-41-43-49(44-42-48)56-37-22-23-38-57(56)62(69-66(50-25-10-4-11-26-50,51-27-12-5-13-28-51)52-29-14-6-15-30-52)70-78-67(53-31-16-7-17-32-53,54-33-18-8-19-34-54)55-35-20-9-21-36-55/h4-44H,3,45-46H2,1-2H3,(H,69,70). The van der Waals surface area contributed by atoms with Gasteiger partial charge in [0.2, 0.25) is 0 Å². The first kappa shape index (κ1) is 50.3. The molecule has 11 nitrogen and oxygen atoms in total. The minimum Gasteiger partial charge on any atom is -0.465 e. The zero-order valence-corrected chi connectivity index (χ0v) is 43.0. The number of rotatable bonds is 18. The van der Waals surface area contributed by atoms with Crippen LogP contribution in [0.3, 0.4) is 0 Å². The van der Waals surface area contributed by atoms with Crippen molar-refractivity contribution in [3.63, 3.8) is 0 Å². The van der Waals surface area contributed by atoms with Gasteiger partial charge in [0.15, 0.2) is 29.6 Å². The Balaban J connectivity index is 1.05. The number of fused-ring (bicyclic) bond motifs is 1. The van der Waals surface area contributed by atoms with Gasteiger partial charge in [-0.2, -0.15) is 4.98 Å². The number of aliphatic imine (C=N–C) groups is 1. The number of esters is 1. The number of hydroxylamine groups is 1. The normalized spacial score (nSPS) is 11.8. The molecule has 2 aromatic heterocycles. The van der Waals surface area contributed by atoms with Crippen LogP contribution < -0.4 is 16.0 Å². The summed E-state index contributed by atoms with van der Waals surface area (Å²) in [4.78, 5) is 43.8. The number of imidazole rings is 1. The molecule has 0 aliphatic heterocycles. The van der Waals surface area contributed by atoms with Gasteiger partial charge in [-0.05, 0) is 76.1 Å². The second kappa shape index (κ2) is 22.6. The van der Waals surface area contributed by atoms with Crippen molar-refractivity contribution in [1.29, 1.82) is 0 Å². The van der Waals surface area contributed by atoms with Gasteiger partial charge in [0.1, 0.15) is 5.54 Å². The molecule has 0 atom stereocenters. The van der Waals surface area contributed by atoms with Gasteiger partial charge >= 0.3 is 11.8 Å². The minimum absolute atomic E-state index is 0.134. The molecule has 384 valence electrons. The third-order valence-electron chi connectivity index (χ3n) is 13.9. The SMILES string of the molecule is CCOc1nc2cccc(C(=O)OCc3oc(=O)oc3C)c2n1Cc1ccc(-c2ccccc2C(=NC(c2ccccc2)(c2ccccc2)c2ccccc2)NOC(c2ccccc2)(c2ccccc2)c2ccccc2)cc1. The molecule has 11 heteroatoms. The smallest absolute Gasteiger partial charge is 0.465 e. The summed E-state index contributed by atoms with van der Waals surface area (Å²) in [5.41, 5.74) is 11.9. The Kier molecular flexibility index (Phi) is 14.6. The number of nitrogens with zero attached hydrogens (tertiary/aromatic N) is 3. The van der Waals surface area contributed by atoms with E-state index in [2.05, 4.69) is 151 Å². The van der Waals surface area contributed by atoms with Crippen LogP contribution in [0, 0.1) is 6.92 Å². The number of hydrogen-bond acceptors (Lipinski definition) is 9. The van der Waals surface area contributed by atoms with Crippen molar-refractivity contribution in [2.45, 2.75) is 38.1 Å². The second-order valence-corrected chi connectivity index (χ2v) is 18.6. The van der Waals surface area contributed by atoms with Crippen molar-refractivity contribution < 1.29 is 27.9 Å². The van der Waals surface area contributed by atoms with E-state index in [0.29, 0.717) is 36.0 Å². The largest absolute Gasteiger partial charge is 0.519 e. The molecule has 0 spiro atoms. The number of amidine groups is 1. The lowest BCUT2D eigenvalue weighted by Crippen LogP contribution is -2.42. The van der Waals surface area contributed by atoms with E-state index in [1.54, 1.807) is 19.1 Å². The van der Waals surface area contributed by atoms with E-state index in [1.165, 1.54) is 0 Å². The fourth-order valence-corrected chi connectivity index (χ4v) is 10.2. The van der Waals surface area contributed by atoms with Crippen LogP contribution in [-0.4, -0.2) is 28.0 Å². The number of para-hydroxylation sites is 1. The molecule has 0 fully saturated rings. The van der Waals surface area contributed by atoms with E-state index < -0.39 is 22.9 Å². The lowest BCUT2D eigenvalue weighted by atomic mass is 9.77. The molecule has 0 aliphatic carbocycles. The van der Waals surface area contributed by atoms with Gasteiger partial charge in [-0.15, -0.1) is 0 Å².